The molecule has 13 heavy (non-hydrogen) atoms. The highest BCUT2D eigenvalue weighted by atomic mass is 32.1. The maximum Gasteiger partial charge on any atom is 0.0554 e. The van der Waals surface area contributed by atoms with Crippen LogP contribution in [0, 0.1) is 10.8 Å². The van der Waals surface area contributed by atoms with Crippen LogP contribution in [0.2, 0.25) is 0 Å². The van der Waals surface area contributed by atoms with Crippen LogP contribution in [0.4, 0.5) is 0 Å². The molecule has 2 N–H and O–H groups in total. The van der Waals surface area contributed by atoms with Gasteiger partial charge in [0.1, 0.15) is 0 Å². The Morgan fingerprint density at radius 1 is 0.538 bits per heavy atom. The van der Waals surface area contributed by atoms with Crippen LogP contribution in [0.25, 0.3) is 0 Å². The Kier molecular flexibility index (Phi) is 5120. The molecule has 0 aromatic carbocycles. The predicted molar refractivity (Wildman–Crippen MR) is 77.8 cm³/mol. The lowest BCUT2D eigenvalue weighted by atomic mass is 11.8. The molecular weight excluding hydrogens is 200 g/mol. The van der Waals surface area contributed by atoms with E-state index < -0.39 is 0 Å². The quantitative estimate of drug-likeness (QED) is 0.409. The minimum absolute atomic E-state index is 0. The van der Waals surface area contributed by atoms with Crippen LogP contribution in [0.15, 0.2) is 0 Å². The summed E-state index contributed by atoms with van der Waals surface area (Å²) >= 11 is 7.62. The number of hydrogen-bond donors (Lipinski definition) is 2. The van der Waals surface area contributed by atoms with E-state index in [-0.39, 0.29) is 52.0 Å². The van der Waals surface area contributed by atoms with E-state index in [0.717, 1.165) is 0 Å². The van der Waals surface area contributed by atoms with Crippen molar-refractivity contribution in [1.29, 1.82) is 10.8 Å². The third-order valence-electron chi connectivity index (χ3n) is 0. The smallest absolute Gasteiger partial charge is 0.0554 e. The van der Waals surface area contributed by atoms with Gasteiger partial charge < -0.3 is 0 Å². The molecule has 4 heteroatoms. The molecule has 0 fully saturated rings. The predicted octanol–water partition coefficient (Wildman–Crippen LogP) is 5.79. The molecule has 0 aromatic heterocycles. The summed E-state index contributed by atoms with van der Waals surface area (Å²) in [4.78, 5) is 0. The van der Waals surface area contributed by atoms with Crippen molar-refractivity contribution in [3.05, 3.63) is 0 Å². The highest BCUT2D eigenvalue weighted by molar-refractivity contribution is 7.78. The molecule has 0 amide bonds. The molecule has 0 aliphatic heterocycles. The largest absolute Gasteiger partial charge is 0.248 e. The zero-order valence-electron chi connectivity index (χ0n) is 2.82. The van der Waals surface area contributed by atoms with Gasteiger partial charge in [-0.15, -0.1) is 0 Å². The van der Waals surface area contributed by atoms with Crippen LogP contribution in [-0.2, 0) is 0 Å². The van der Waals surface area contributed by atoms with Crippen molar-refractivity contribution >= 4 is 34.8 Å². The standard InChI is InChI=1S/2CHNS.7CH4/c2*2-1-3;;;;;;;/h2*2H;7*1H4. The minimum atomic E-state index is 0. The topological polar surface area (TPSA) is 47.7 Å². The zero-order valence-corrected chi connectivity index (χ0v) is 4.45. The molecule has 0 saturated heterocycles. The molecule has 0 atom stereocenters. The summed E-state index contributed by atoms with van der Waals surface area (Å²) < 4.78 is 0. The number of nitrogens with one attached hydrogen (secondary N) is 2. The van der Waals surface area contributed by atoms with Gasteiger partial charge in [-0.1, -0.05) is 52.0 Å². The third kappa shape index (κ3) is 6680. The molecule has 0 saturated carbocycles. The SMILES string of the molecule is C.C.C.C.C.C.C.N=C=S.N=C=S. The van der Waals surface area contributed by atoms with Gasteiger partial charge in [-0.2, -0.15) is 0 Å². The molecule has 88 valence electrons. The summed E-state index contributed by atoms with van der Waals surface area (Å²) in [7, 11) is 0. The first-order valence-corrected chi connectivity index (χ1v) is 1.72. The highest BCUT2D eigenvalue weighted by Gasteiger charge is 0.978. The molecule has 0 heterocycles. The van der Waals surface area contributed by atoms with Crippen LogP contribution in [0.1, 0.15) is 52.0 Å². The first-order valence-electron chi connectivity index (χ1n) is 0.908. The van der Waals surface area contributed by atoms with Gasteiger partial charge in [0.25, 0.3) is 0 Å². The molecule has 0 aromatic rings. The fourth-order valence-corrected chi connectivity index (χ4v) is 0. The highest BCUT2D eigenvalue weighted by Crippen LogP contribution is 1.16. The zero-order chi connectivity index (χ0) is 5.41. The number of thiocarbonyl (C=S) groups is 2. The normalized spacial score (nSPS) is 1.23. The van der Waals surface area contributed by atoms with Gasteiger partial charge in [0, 0.05) is 0 Å². The number of rotatable bonds is 0. The molecule has 0 unspecified atom stereocenters. The van der Waals surface area contributed by atoms with E-state index in [2.05, 4.69) is 24.4 Å². The van der Waals surface area contributed by atoms with Crippen LogP contribution in [0.5, 0.6) is 0 Å². The van der Waals surface area contributed by atoms with Crippen molar-refractivity contribution in [3.63, 3.8) is 0 Å². The molecule has 2 nitrogen and oxygen atoms in total. The van der Waals surface area contributed by atoms with E-state index in [1.807, 2.05) is 0 Å². The minimum Gasteiger partial charge on any atom is -0.248 e. The molecular formula is C9H30N2S2. The van der Waals surface area contributed by atoms with Gasteiger partial charge in [-0.3, -0.25) is 0 Å². The lowest BCUT2D eigenvalue weighted by Gasteiger charge is -1.05. The Labute approximate surface area is 97.8 Å². The average Bonchev–Trinajstić information content (AvgIpc) is 1.39. The van der Waals surface area contributed by atoms with Gasteiger partial charge in [0.05, 0.1) is 10.3 Å². The van der Waals surface area contributed by atoms with Gasteiger partial charge in [0.2, 0.25) is 0 Å². The van der Waals surface area contributed by atoms with Crippen molar-refractivity contribution in [2.45, 2.75) is 52.0 Å². The Bertz CT molecular complexity index is 69.6. The lowest BCUT2D eigenvalue weighted by molar-refractivity contribution is 1.61. The van der Waals surface area contributed by atoms with Crippen LogP contribution >= 0.6 is 24.4 Å². The molecule has 0 rings (SSSR count). The Balaban J connectivity index is -0.00000000229. The molecule has 0 radical (unpaired) electrons. The third-order valence-corrected chi connectivity index (χ3v) is 0. The van der Waals surface area contributed by atoms with Crippen molar-refractivity contribution in [2.24, 2.45) is 0 Å². The van der Waals surface area contributed by atoms with E-state index >= 15 is 0 Å². The second-order valence-corrected chi connectivity index (χ2v) is 0.612. The first-order chi connectivity index (χ1) is 2.83. The fraction of sp³-hybridized carbons (Fsp3) is 0.778. The van der Waals surface area contributed by atoms with Gasteiger partial charge in [-0.25, -0.2) is 10.8 Å². The summed E-state index contributed by atoms with van der Waals surface area (Å²) in [6.45, 7) is 0. The molecule has 0 aliphatic carbocycles. The van der Waals surface area contributed by atoms with Crippen LogP contribution in [-0.4, -0.2) is 10.3 Å². The van der Waals surface area contributed by atoms with Crippen LogP contribution in [0.3, 0.4) is 0 Å². The van der Waals surface area contributed by atoms with E-state index in [0.29, 0.717) is 0 Å². The van der Waals surface area contributed by atoms with Crippen molar-refractivity contribution in [2.75, 3.05) is 0 Å². The Morgan fingerprint density at radius 3 is 0.538 bits per heavy atom. The maximum absolute atomic E-state index is 5.77. The van der Waals surface area contributed by atoms with E-state index in [1.54, 1.807) is 10.3 Å². The lowest BCUT2D eigenvalue weighted by Crippen LogP contribution is -1.03. The van der Waals surface area contributed by atoms with Gasteiger partial charge >= 0.3 is 0 Å². The second kappa shape index (κ2) is 509. The Morgan fingerprint density at radius 2 is 0.538 bits per heavy atom. The summed E-state index contributed by atoms with van der Waals surface area (Å²) in [5.41, 5.74) is 0. The molecule has 0 aliphatic rings. The fourth-order valence-electron chi connectivity index (χ4n) is 0. The summed E-state index contributed by atoms with van der Waals surface area (Å²) in [6.07, 6.45) is 0. The molecule has 0 bridgehead atoms. The first kappa shape index (κ1) is 131. The van der Waals surface area contributed by atoms with Gasteiger partial charge in [0.15, 0.2) is 0 Å². The number of hydrogen-bond acceptors (Lipinski definition) is 4. The van der Waals surface area contributed by atoms with E-state index in [4.69, 9.17) is 10.8 Å². The van der Waals surface area contributed by atoms with Gasteiger partial charge in [-0.05, 0) is 24.4 Å². The second-order valence-electron chi connectivity index (χ2n) is 0.204. The van der Waals surface area contributed by atoms with Crippen molar-refractivity contribution in [3.8, 4) is 0 Å². The summed E-state index contributed by atoms with van der Waals surface area (Å²) in [6, 6.07) is 0. The van der Waals surface area contributed by atoms with E-state index in [1.165, 1.54) is 0 Å². The van der Waals surface area contributed by atoms with Crippen LogP contribution < -0.4 is 0 Å². The average molecular weight is 230 g/mol. The van der Waals surface area contributed by atoms with Crippen molar-refractivity contribution < 1.29 is 0 Å². The maximum atomic E-state index is 5.77. The number of isothiocyanates is 2. The van der Waals surface area contributed by atoms with Crippen molar-refractivity contribution in [1.82, 2.24) is 0 Å². The summed E-state index contributed by atoms with van der Waals surface area (Å²) in [5, 5.41) is 14.7. The van der Waals surface area contributed by atoms with E-state index in [9.17, 15) is 0 Å². The summed E-state index contributed by atoms with van der Waals surface area (Å²) in [5.74, 6) is 0. The molecule has 0 spiro atoms. The monoisotopic (exact) mass is 230 g/mol. The Hall–Kier alpha value is -0.400.